The minimum atomic E-state index is 0.884. The van der Waals surface area contributed by atoms with Crippen LogP contribution in [0.1, 0.15) is 0 Å². The molecule has 64 heavy (non-hydrogen) atoms. The van der Waals surface area contributed by atoms with Gasteiger partial charge in [-0.15, -0.1) is 0 Å². The third-order valence-electron chi connectivity index (χ3n) is 13.9. The first-order chi connectivity index (χ1) is 31.7. The third-order valence-corrected chi connectivity index (χ3v) is 13.9. The molecule has 0 unspecified atom stereocenters. The molecule has 4 nitrogen and oxygen atoms in total. The van der Waals surface area contributed by atoms with E-state index in [1.54, 1.807) is 0 Å². The molecular weight excluding hydrogens is 781 g/mol. The van der Waals surface area contributed by atoms with Gasteiger partial charge in [0, 0.05) is 54.5 Å². The molecule has 15 rings (SSSR count). The molecule has 0 spiro atoms. The Bertz CT molecular complexity index is 4460. The number of hydrogen-bond acceptors (Lipinski definition) is 2. The van der Waals surface area contributed by atoms with Gasteiger partial charge in [-0.2, -0.15) is 0 Å². The lowest BCUT2D eigenvalue weighted by Gasteiger charge is -2.14. The minimum absolute atomic E-state index is 0.884. The molecule has 0 aliphatic heterocycles. The van der Waals surface area contributed by atoms with Crippen LogP contribution in [0.3, 0.4) is 0 Å². The van der Waals surface area contributed by atoms with Crippen molar-refractivity contribution in [1.29, 1.82) is 0 Å². The van der Waals surface area contributed by atoms with Gasteiger partial charge in [0.25, 0.3) is 0 Å². The van der Waals surface area contributed by atoms with E-state index in [9.17, 15) is 0 Å². The summed E-state index contributed by atoms with van der Waals surface area (Å²) < 4.78 is 17.6. The Morgan fingerprint density at radius 1 is 0.250 bits per heavy atom. The van der Waals surface area contributed by atoms with Gasteiger partial charge in [0.05, 0.1) is 22.1 Å². The zero-order valence-electron chi connectivity index (χ0n) is 34.3. The van der Waals surface area contributed by atoms with Crippen molar-refractivity contribution in [3.8, 4) is 22.5 Å². The topological polar surface area (TPSA) is 36.1 Å². The van der Waals surface area contributed by atoms with Crippen LogP contribution in [0.2, 0.25) is 0 Å². The Kier molecular flexibility index (Phi) is 6.65. The fourth-order valence-corrected chi connectivity index (χ4v) is 11.2. The van der Waals surface area contributed by atoms with Gasteiger partial charge in [-0.3, -0.25) is 0 Å². The molecule has 11 aromatic carbocycles. The van der Waals surface area contributed by atoms with Crippen molar-refractivity contribution < 1.29 is 8.83 Å². The highest BCUT2D eigenvalue weighted by atomic mass is 16.3. The van der Waals surface area contributed by atoms with E-state index in [2.05, 4.69) is 197 Å². The summed E-state index contributed by atoms with van der Waals surface area (Å²) in [6.45, 7) is 0. The Hall–Kier alpha value is -8.60. The number of benzene rings is 11. The lowest BCUT2D eigenvalue weighted by molar-refractivity contribution is 0.668. The highest BCUT2D eigenvalue weighted by Crippen LogP contribution is 2.46. The van der Waals surface area contributed by atoms with Crippen molar-refractivity contribution >= 4 is 120 Å². The Morgan fingerprint density at radius 2 is 0.734 bits per heavy atom. The third kappa shape index (κ3) is 4.51. The number of fused-ring (bicyclic) bond motifs is 19. The average molecular weight is 815 g/mol. The van der Waals surface area contributed by atoms with Gasteiger partial charge in [0.15, 0.2) is 0 Å². The van der Waals surface area contributed by atoms with Crippen molar-refractivity contribution in [3.05, 3.63) is 206 Å². The standard InChI is InChI=1S/C60H34N2O2/c1-2-14-41-39(12-1)40-13-3-4-15-42(40)47-33-36(25-27-43(41)47)61-50-20-8-5-17-45(50)59-52(61)29-30-53-60(59)49-32-35(38-19-11-23-57-58(38)46-18-7-10-22-55(46)64-57)24-28-51(49)62(53)37-26-31-56-48(34-37)44-16-6-9-21-54(44)63-56/h1-34H. The summed E-state index contributed by atoms with van der Waals surface area (Å²) in [7, 11) is 0. The Labute approximate surface area is 365 Å². The first-order valence-corrected chi connectivity index (χ1v) is 21.9. The number of rotatable bonds is 3. The smallest absolute Gasteiger partial charge is 0.136 e. The molecule has 4 heteroatoms. The van der Waals surface area contributed by atoms with Gasteiger partial charge in [0.1, 0.15) is 22.3 Å². The van der Waals surface area contributed by atoms with Crippen LogP contribution in [0.25, 0.3) is 142 Å². The number of nitrogens with zero attached hydrogens (tertiary/aromatic N) is 2. The van der Waals surface area contributed by atoms with Crippen molar-refractivity contribution in [3.63, 3.8) is 0 Å². The number of aromatic nitrogens is 2. The SMILES string of the molecule is c1ccc2c(c1)oc1ccc(-n3c4ccc(-c5cccc6oc7ccccc7c56)cc4c4c5c6ccccc6n(-c6ccc7c8ccccc8c8ccccc8c7c6)c5ccc43)cc12. The Balaban J connectivity index is 1.06. The average Bonchev–Trinajstić information content (AvgIpc) is 4.11. The molecule has 0 amide bonds. The molecule has 0 saturated carbocycles. The molecule has 15 aromatic rings. The molecule has 0 bridgehead atoms. The van der Waals surface area contributed by atoms with Gasteiger partial charge in [0.2, 0.25) is 0 Å². The predicted octanol–water partition coefficient (Wildman–Crippen LogP) is 16.8. The maximum atomic E-state index is 6.40. The molecule has 0 atom stereocenters. The second-order valence-electron chi connectivity index (χ2n) is 17.2. The van der Waals surface area contributed by atoms with E-state index in [0.717, 1.165) is 77.4 Å². The maximum absolute atomic E-state index is 6.40. The lowest BCUT2D eigenvalue weighted by atomic mass is 9.94. The largest absolute Gasteiger partial charge is 0.456 e. The normalized spacial score (nSPS) is 12.4. The summed E-state index contributed by atoms with van der Waals surface area (Å²) in [5.41, 5.74) is 12.7. The van der Waals surface area contributed by atoms with Crippen molar-refractivity contribution in [2.45, 2.75) is 0 Å². The monoisotopic (exact) mass is 814 g/mol. The van der Waals surface area contributed by atoms with E-state index < -0.39 is 0 Å². The number of para-hydroxylation sites is 3. The summed E-state index contributed by atoms with van der Waals surface area (Å²) in [6.07, 6.45) is 0. The summed E-state index contributed by atoms with van der Waals surface area (Å²) in [6, 6.07) is 75.0. The molecule has 0 fully saturated rings. The van der Waals surface area contributed by atoms with E-state index in [-0.39, 0.29) is 0 Å². The molecule has 4 heterocycles. The zero-order chi connectivity index (χ0) is 41.6. The number of hydrogen-bond donors (Lipinski definition) is 0. The maximum Gasteiger partial charge on any atom is 0.136 e. The van der Waals surface area contributed by atoms with Crippen molar-refractivity contribution in [1.82, 2.24) is 9.13 Å². The molecular formula is C60H34N2O2. The summed E-state index contributed by atoms with van der Waals surface area (Å²) in [5.74, 6) is 0. The molecule has 0 N–H and O–H groups in total. The van der Waals surface area contributed by atoms with Gasteiger partial charge >= 0.3 is 0 Å². The van der Waals surface area contributed by atoms with Crippen LogP contribution in [-0.2, 0) is 0 Å². The first-order valence-electron chi connectivity index (χ1n) is 21.9. The highest BCUT2D eigenvalue weighted by Gasteiger charge is 2.23. The van der Waals surface area contributed by atoms with Crippen molar-refractivity contribution in [2.24, 2.45) is 0 Å². The zero-order valence-corrected chi connectivity index (χ0v) is 34.3. The number of furan rings is 2. The van der Waals surface area contributed by atoms with Crippen LogP contribution in [-0.4, -0.2) is 9.13 Å². The van der Waals surface area contributed by atoms with Crippen LogP contribution in [0.15, 0.2) is 215 Å². The van der Waals surface area contributed by atoms with Crippen LogP contribution in [0.5, 0.6) is 0 Å². The van der Waals surface area contributed by atoms with Gasteiger partial charge in [-0.1, -0.05) is 127 Å². The fraction of sp³-hybridized carbons (Fsp3) is 0. The summed E-state index contributed by atoms with van der Waals surface area (Å²) in [4.78, 5) is 0. The second kappa shape index (κ2) is 12.5. The van der Waals surface area contributed by atoms with E-state index in [1.165, 1.54) is 64.9 Å². The minimum Gasteiger partial charge on any atom is -0.456 e. The van der Waals surface area contributed by atoms with Crippen LogP contribution in [0.4, 0.5) is 0 Å². The summed E-state index contributed by atoms with van der Waals surface area (Å²) in [5, 5.41) is 17.0. The van der Waals surface area contributed by atoms with E-state index in [4.69, 9.17) is 8.83 Å². The molecule has 0 aliphatic rings. The van der Waals surface area contributed by atoms with Gasteiger partial charge in [-0.05, 0) is 122 Å². The Morgan fingerprint density at radius 3 is 1.47 bits per heavy atom. The molecule has 296 valence electrons. The quantitative estimate of drug-likeness (QED) is 0.167. The molecule has 4 aromatic heterocycles. The fourth-order valence-electron chi connectivity index (χ4n) is 11.2. The van der Waals surface area contributed by atoms with Crippen LogP contribution >= 0.6 is 0 Å². The van der Waals surface area contributed by atoms with Crippen LogP contribution in [0, 0.1) is 0 Å². The summed E-state index contributed by atoms with van der Waals surface area (Å²) >= 11 is 0. The predicted molar refractivity (Wildman–Crippen MR) is 268 cm³/mol. The van der Waals surface area contributed by atoms with Crippen molar-refractivity contribution in [2.75, 3.05) is 0 Å². The second-order valence-corrected chi connectivity index (χ2v) is 17.2. The van der Waals surface area contributed by atoms with Crippen LogP contribution < -0.4 is 0 Å². The highest BCUT2D eigenvalue weighted by molar-refractivity contribution is 6.30. The first kappa shape index (κ1) is 34.0. The van der Waals surface area contributed by atoms with Gasteiger partial charge in [-0.25, -0.2) is 0 Å². The van der Waals surface area contributed by atoms with E-state index >= 15 is 0 Å². The van der Waals surface area contributed by atoms with E-state index in [1.807, 2.05) is 18.2 Å². The molecule has 0 saturated heterocycles. The molecule has 0 aliphatic carbocycles. The van der Waals surface area contributed by atoms with Gasteiger partial charge < -0.3 is 18.0 Å². The molecule has 0 radical (unpaired) electrons. The van der Waals surface area contributed by atoms with E-state index in [0.29, 0.717) is 0 Å². The lowest BCUT2D eigenvalue weighted by Crippen LogP contribution is -1.95.